The van der Waals surface area contributed by atoms with Gasteiger partial charge in [-0.1, -0.05) is 58.5 Å². The van der Waals surface area contributed by atoms with Crippen LogP contribution in [0.5, 0.6) is 23.0 Å². The highest BCUT2D eigenvalue weighted by Gasteiger charge is 2.04. The number of methoxy groups -OCH3 is 4. The molecule has 0 aliphatic heterocycles. The largest absolute Gasteiger partial charge is 0.497 e. The lowest BCUT2D eigenvalue weighted by Crippen LogP contribution is -2.33. The summed E-state index contributed by atoms with van der Waals surface area (Å²) < 4.78 is 23.7. The molecule has 2 aromatic carbocycles. The number of hydrogen-bond donors (Lipinski definition) is 0. The van der Waals surface area contributed by atoms with E-state index in [0.717, 1.165) is 69.9 Å². The van der Waals surface area contributed by atoms with Gasteiger partial charge in [0.25, 0.3) is 0 Å². The number of benzene rings is 2. The maximum Gasteiger partial charge on any atom is 0.169 e. The fraction of sp³-hybridized carbons (Fsp3) is 0.235. The Bertz CT molecular complexity index is 1400. The molecule has 0 amide bonds. The number of allylic oxidation sites excluding steroid dienone is 4. The molecule has 0 spiro atoms. The molecule has 0 N–H and O–H groups in total. The van der Waals surface area contributed by atoms with Gasteiger partial charge in [0.05, 0.1) is 34.2 Å². The minimum atomic E-state index is 0.762. The molecule has 0 unspecified atom stereocenters. The highest BCUT2D eigenvalue weighted by molar-refractivity contribution is 8.76. The molecule has 0 fully saturated rings. The Labute approximate surface area is 257 Å². The van der Waals surface area contributed by atoms with E-state index in [4.69, 9.17) is 18.9 Å². The van der Waals surface area contributed by atoms with E-state index in [2.05, 4.69) is 46.7 Å². The highest BCUT2D eigenvalue weighted by Crippen LogP contribution is 2.27. The van der Waals surface area contributed by atoms with E-state index in [-0.39, 0.29) is 0 Å². The molecule has 42 heavy (non-hydrogen) atoms. The van der Waals surface area contributed by atoms with Gasteiger partial charge >= 0.3 is 0 Å². The van der Waals surface area contributed by atoms with Gasteiger partial charge < -0.3 is 18.9 Å². The molecular weight excluding hydrogens is 565 g/mol. The fourth-order valence-corrected chi connectivity index (χ4v) is 5.65. The van der Waals surface area contributed by atoms with Crippen LogP contribution in [0.25, 0.3) is 18.2 Å². The Balaban J connectivity index is 1.37. The Morgan fingerprint density at radius 2 is 1.40 bits per heavy atom. The normalized spacial score (nSPS) is 11.9. The molecule has 0 radical (unpaired) electrons. The van der Waals surface area contributed by atoms with Crippen molar-refractivity contribution in [2.45, 2.75) is 6.54 Å². The van der Waals surface area contributed by atoms with Crippen molar-refractivity contribution in [1.82, 2.24) is 0 Å². The fourth-order valence-electron chi connectivity index (χ4n) is 3.80. The van der Waals surface area contributed by atoms with Gasteiger partial charge in [0, 0.05) is 41.8 Å². The monoisotopic (exact) mass is 603 g/mol. The summed E-state index contributed by atoms with van der Waals surface area (Å²) in [4.78, 5) is 4.51. The van der Waals surface area contributed by atoms with Crippen molar-refractivity contribution in [2.75, 3.05) is 46.5 Å². The first-order chi connectivity index (χ1) is 20.6. The molecule has 3 aromatic rings. The van der Waals surface area contributed by atoms with Crippen LogP contribution in [-0.4, -0.2) is 52.7 Å². The Hall–Kier alpha value is -3.88. The van der Waals surface area contributed by atoms with Gasteiger partial charge in [-0.25, -0.2) is 4.57 Å². The van der Waals surface area contributed by atoms with Gasteiger partial charge in [0.15, 0.2) is 18.9 Å². The first-order valence-electron chi connectivity index (χ1n) is 13.5. The average molecular weight is 604 g/mol. The number of pyridine rings is 1. The zero-order chi connectivity index (χ0) is 30.0. The van der Waals surface area contributed by atoms with Crippen LogP contribution in [0.4, 0.5) is 0 Å². The molecule has 0 atom stereocenters. The zero-order valence-electron chi connectivity index (χ0n) is 24.7. The van der Waals surface area contributed by atoms with E-state index < -0.39 is 0 Å². The summed E-state index contributed by atoms with van der Waals surface area (Å²) in [5.41, 5.74) is 4.00. The minimum Gasteiger partial charge on any atom is -0.497 e. The van der Waals surface area contributed by atoms with Crippen molar-refractivity contribution in [2.24, 2.45) is 4.99 Å². The van der Waals surface area contributed by atoms with Gasteiger partial charge in [-0.3, -0.25) is 4.99 Å². The van der Waals surface area contributed by atoms with Crippen LogP contribution in [0.1, 0.15) is 16.7 Å². The lowest BCUT2D eigenvalue weighted by atomic mass is 10.1. The zero-order valence-corrected chi connectivity index (χ0v) is 26.3. The lowest BCUT2D eigenvalue weighted by Gasteiger charge is -2.07. The molecule has 0 bridgehead atoms. The molecule has 1 aromatic heterocycles. The molecule has 6 nitrogen and oxygen atoms in total. The summed E-state index contributed by atoms with van der Waals surface area (Å²) in [5.74, 6) is 5.16. The van der Waals surface area contributed by atoms with Gasteiger partial charge in [0.1, 0.15) is 23.0 Å². The molecular formula is C34H39N2O4S2+. The van der Waals surface area contributed by atoms with E-state index in [9.17, 15) is 0 Å². The van der Waals surface area contributed by atoms with Crippen molar-refractivity contribution >= 4 is 46.0 Å². The standard InChI is InChI=1S/C34H39N2O4S2/c1-6-27(7-9-29-25-31(37-2)11-13-33(29)39-4)15-18-35-19-23-41-42-24-22-36-20-16-28(17-21-36)8-10-30-26-32(38-3)12-14-34(30)40-5/h6-18,20-21,25-26H,1,19,22-24H2,2-5H3/q+1/b9-7+,10-8+,27-15+,35-18+. The second kappa shape index (κ2) is 18.5. The molecule has 8 heteroatoms. The van der Waals surface area contributed by atoms with Crippen LogP contribution in [0.3, 0.4) is 0 Å². The first kappa shape index (κ1) is 32.6. The minimum absolute atomic E-state index is 0.762. The van der Waals surface area contributed by atoms with E-state index in [1.54, 1.807) is 34.5 Å². The number of hydrogen-bond acceptors (Lipinski definition) is 7. The SMILES string of the molecule is C=CC(/C=C/c1cc(OC)ccc1OC)=C\C=N\CCSSCC[n+]1ccc(/C=C/c2cc(OC)ccc2OC)cc1. The van der Waals surface area contributed by atoms with Gasteiger partial charge in [-0.05, 0) is 53.6 Å². The van der Waals surface area contributed by atoms with Crippen molar-refractivity contribution < 1.29 is 23.5 Å². The Kier molecular flexibility index (Phi) is 14.4. The second-order valence-electron chi connectivity index (χ2n) is 8.82. The van der Waals surface area contributed by atoms with Crippen LogP contribution in [0.2, 0.25) is 0 Å². The maximum atomic E-state index is 5.46. The van der Waals surface area contributed by atoms with Crippen LogP contribution < -0.4 is 23.5 Å². The Morgan fingerprint density at radius 3 is 2.00 bits per heavy atom. The van der Waals surface area contributed by atoms with Gasteiger partial charge in [-0.2, -0.15) is 0 Å². The third-order valence-corrected chi connectivity index (χ3v) is 8.49. The number of nitrogens with zero attached hydrogens (tertiary/aromatic N) is 2. The van der Waals surface area contributed by atoms with E-state index in [1.165, 1.54) is 0 Å². The van der Waals surface area contributed by atoms with Crippen molar-refractivity contribution in [1.29, 1.82) is 0 Å². The molecule has 0 aliphatic carbocycles. The van der Waals surface area contributed by atoms with E-state index in [0.29, 0.717) is 0 Å². The van der Waals surface area contributed by atoms with Crippen LogP contribution >= 0.6 is 21.6 Å². The summed E-state index contributed by atoms with van der Waals surface area (Å²) in [6.07, 6.45) is 17.9. The predicted molar refractivity (Wildman–Crippen MR) is 180 cm³/mol. The maximum absolute atomic E-state index is 5.46. The molecule has 0 aliphatic rings. The second-order valence-corrected chi connectivity index (χ2v) is 11.5. The predicted octanol–water partition coefficient (Wildman–Crippen LogP) is 7.46. The van der Waals surface area contributed by atoms with Crippen LogP contribution in [0, 0.1) is 0 Å². The third kappa shape index (κ3) is 10.8. The molecule has 0 saturated carbocycles. The number of aromatic nitrogens is 1. The summed E-state index contributed by atoms with van der Waals surface area (Å²) in [7, 11) is 10.4. The van der Waals surface area contributed by atoms with Gasteiger partial charge in [-0.15, -0.1) is 0 Å². The Morgan fingerprint density at radius 1 is 0.786 bits per heavy atom. The smallest absolute Gasteiger partial charge is 0.169 e. The summed E-state index contributed by atoms with van der Waals surface area (Å²) in [6.45, 7) is 5.61. The number of aryl methyl sites for hydroxylation is 1. The number of ether oxygens (including phenoxy) is 4. The van der Waals surface area contributed by atoms with E-state index in [1.807, 2.05) is 88.5 Å². The molecule has 220 valence electrons. The average Bonchev–Trinajstić information content (AvgIpc) is 3.04. The van der Waals surface area contributed by atoms with Crippen LogP contribution in [0.15, 0.2) is 96.3 Å². The summed E-state index contributed by atoms with van der Waals surface area (Å²) >= 11 is 0. The topological polar surface area (TPSA) is 53.2 Å². The lowest BCUT2D eigenvalue weighted by molar-refractivity contribution is -0.692. The number of rotatable bonds is 17. The summed E-state index contributed by atoms with van der Waals surface area (Å²) in [5, 5.41) is 0. The van der Waals surface area contributed by atoms with Crippen molar-refractivity contribution in [3.05, 3.63) is 108 Å². The first-order valence-corrected chi connectivity index (χ1v) is 15.9. The molecule has 0 saturated heterocycles. The van der Waals surface area contributed by atoms with Crippen molar-refractivity contribution in [3.63, 3.8) is 0 Å². The third-order valence-electron chi connectivity index (χ3n) is 6.13. The molecule has 3 rings (SSSR count). The highest BCUT2D eigenvalue weighted by atomic mass is 33.1. The van der Waals surface area contributed by atoms with E-state index >= 15 is 0 Å². The molecule has 1 heterocycles. The van der Waals surface area contributed by atoms with Crippen LogP contribution in [-0.2, 0) is 6.54 Å². The van der Waals surface area contributed by atoms with Crippen molar-refractivity contribution in [3.8, 4) is 23.0 Å². The quantitative estimate of drug-likeness (QED) is 0.0525. The number of aliphatic imine (C=N–C) groups is 1. The van der Waals surface area contributed by atoms with Gasteiger partial charge in [0.2, 0.25) is 0 Å². The summed E-state index contributed by atoms with van der Waals surface area (Å²) in [6, 6.07) is 15.7.